The molecule has 0 rings (SSSR count). The Bertz CT molecular complexity index is 1190. The Morgan fingerprint density at radius 3 is 1.15 bits per heavy atom. The summed E-state index contributed by atoms with van der Waals surface area (Å²) in [5.74, 6) is -0.998. The smallest absolute Gasteiger partial charge is 0.306 e. The fraction of sp³-hybridized carbons (Fsp3) is 0.685. The highest BCUT2D eigenvalue weighted by atomic mass is 16.6. The molecule has 0 N–H and O–H groups in total. The van der Waals surface area contributed by atoms with Gasteiger partial charge in [0.2, 0.25) is 0 Å². The zero-order valence-corrected chi connectivity index (χ0v) is 38.9. The van der Waals surface area contributed by atoms with Crippen molar-refractivity contribution in [2.24, 2.45) is 0 Å². The molecule has 0 aromatic carbocycles. The van der Waals surface area contributed by atoms with Gasteiger partial charge in [-0.15, -0.1) is 0 Å². The number of carbonyl (C=O) groups is 3. The minimum absolute atomic E-state index is 0.107. The van der Waals surface area contributed by atoms with E-state index in [2.05, 4.69) is 106 Å². The molecule has 0 spiro atoms. The predicted molar refractivity (Wildman–Crippen MR) is 256 cm³/mol. The SMILES string of the molecule is CC/C=C\C/C=C\C/C=C\CCCCCCC(=O)OC(COC(=O)CCC/C=C\C/C=C\C/C=C\CCCCCCCC)COC(=O)CCCCCCC/C=C\CCCC. The average molecular weight is 835 g/mol. The first-order valence-electron chi connectivity index (χ1n) is 24.6. The van der Waals surface area contributed by atoms with Crippen LogP contribution in [-0.4, -0.2) is 37.2 Å². The van der Waals surface area contributed by atoms with Gasteiger partial charge in [0.15, 0.2) is 6.10 Å². The molecular weight excluding hydrogens is 745 g/mol. The van der Waals surface area contributed by atoms with Crippen LogP contribution in [0.2, 0.25) is 0 Å². The molecule has 0 aliphatic rings. The lowest BCUT2D eigenvalue weighted by Gasteiger charge is -2.18. The molecule has 6 nitrogen and oxygen atoms in total. The Balaban J connectivity index is 4.50. The van der Waals surface area contributed by atoms with E-state index in [1.54, 1.807) is 0 Å². The maximum absolute atomic E-state index is 12.7. The van der Waals surface area contributed by atoms with Gasteiger partial charge in [0.25, 0.3) is 0 Å². The van der Waals surface area contributed by atoms with Crippen LogP contribution in [0.1, 0.15) is 220 Å². The minimum Gasteiger partial charge on any atom is -0.462 e. The van der Waals surface area contributed by atoms with E-state index >= 15 is 0 Å². The normalized spacial score (nSPS) is 12.8. The molecule has 342 valence electrons. The molecule has 1 unspecified atom stereocenters. The van der Waals surface area contributed by atoms with Crippen LogP contribution in [0.4, 0.5) is 0 Å². The number of ether oxygens (including phenoxy) is 3. The van der Waals surface area contributed by atoms with E-state index in [4.69, 9.17) is 14.2 Å². The number of carbonyl (C=O) groups excluding carboxylic acids is 3. The second-order valence-electron chi connectivity index (χ2n) is 16.0. The van der Waals surface area contributed by atoms with E-state index in [-0.39, 0.29) is 44.0 Å². The van der Waals surface area contributed by atoms with Crippen LogP contribution in [0, 0.1) is 0 Å². The standard InChI is InChI=1S/C54H90O6/c1-4-7-10-13-16-19-22-24-26-27-28-30-32-35-38-41-44-47-53(56)59-50-51(49-58-52(55)46-43-40-37-34-31-21-18-15-12-9-6-3)60-54(57)48-45-42-39-36-33-29-25-23-20-17-14-11-8-5-2/h8,11,15,17-18,20,24-26,28-30,35,38,51H,4-7,9-10,12-14,16,19,21-23,27,31-34,36-37,39-50H2,1-3H3/b11-8-,18-15-,20-17-,26-24-,29-25-,30-28-,38-35-. The molecule has 0 radical (unpaired) electrons. The molecule has 0 fully saturated rings. The summed E-state index contributed by atoms with van der Waals surface area (Å²) in [6, 6.07) is 0. The monoisotopic (exact) mass is 835 g/mol. The van der Waals surface area contributed by atoms with Crippen LogP contribution in [0.3, 0.4) is 0 Å². The highest BCUT2D eigenvalue weighted by molar-refractivity contribution is 5.71. The number of hydrogen-bond acceptors (Lipinski definition) is 6. The zero-order valence-electron chi connectivity index (χ0n) is 38.9. The van der Waals surface area contributed by atoms with Crippen molar-refractivity contribution in [2.75, 3.05) is 13.2 Å². The molecular formula is C54H90O6. The Morgan fingerprint density at radius 2 is 0.683 bits per heavy atom. The van der Waals surface area contributed by atoms with Crippen molar-refractivity contribution in [1.82, 2.24) is 0 Å². The summed E-state index contributed by atoms with van der Waals surface area (Å²) in [5, 5.41) is 0. The molecule has 0 heterocycles. The highest BCUT2D eigenvalue weighted by Gasteiger charge is 2.19. The topological polar surface area (TPSA) is 78.9 Å². The van der Waals surface area contributed by atoms with E-state index in [1.807, 2.05) is 0 Å². The molecule has 1 atom stereocenters. The molecule has 0 aliphatic carbocycles. The molecule has 0 aromatic rings. The van der Waals surface area contributed by atoms with Crippen molar-refractivity contribution in [1.29, 1.82) is 0 Å². The summed E-state index contributed by atoms with van der Waals surface area (Å²) in [4.78, 5) is 37.8. The van der Waals surface area contributed by atoms with Crippen molar-refractivity contribution in [3.63, 3.8) is 0 Å². The van der Waals surface area contributed by atoms with Crippen molar-refractivity contribution >= 4 is 17.9 Å². The molecule has 0 saturated heterocycles. The number of esters is 3. The van der Waals surface area contributed by atoms with Gasteiger partial charge in [-0.25, -0.2) is 0 Å². The molecule has 0 aromatic heterocycles. The second kappa shape index (κ2) is 48.3. The van der Waals surface area contributed by atoms with Gasteiger partial charge in [-0.05, 0) is 103 Å². The van der Waals surface area contributed by atoms with Crippen LogP contribution in [0.25, 0.3) is 0 Å². The van der Waals surface area contributed by atoms with Crippen LogP contribution in [0.15, 0.2) is 85.1 Å². The molecule has 0 amide bonds. The first kappa shape index (κ1) is 56.6. The quantitative estimate of drug-likeness (QED) is 0.0263. The lowest BCUT2D eigenvalue weighted by atomic mass is 10.1. The fourth-order valence-electron chi connectivity index (χ4n) is 6.39. The van der Waals surface area contributed by atoms with Crippen molar-refractivity contribution < 1.29 is 28.6 Å². The largest absolute Gasteiger partial charge is 0.462 e. The lowest BCUT2D eigenvalue weighted by Crippen LogP contribution is -2.30. The average Bonchev–Trinajstić information content (AvgIpc) is 3.24. The Hall–Kier alpha value is -3.41. The first-order chi connectivity index (χ1) is 29.5. The molecule has 6 heteroatoms. The molecule has 0 aliphatic heterocycles. The van der Waals surface area contributed by atoms with Gasteiger partial charge in [0, 0.05) is 19.3 Å². The Morgan fingerprint density at radius 1 is 0.350 bits per heavy atom. The van der Waals surface area contributed by atoms with Gasteiger partial charge >= 0.3 is 17.9 Å². The first-order valence-corrected chi connectivity index (χ1v) is 24.6. The molecule has 0 bridgehead atoms. The van der Waals surface area contributed by atoms with E-state index in [9.17, 15) is 14.4 Å². The van der Waals surface area contributed by atoms with E-state index < -0.39 is 6.10 Å². The van der Waals surface area contributed by atoms with Crippen LogP contribution in [0.5, 0.6) is 0 Å². The van der Waals surface area contributed by atoms with E-state index in [1.165, 1.54) is 70.6 Å². The number of hydrogen-bond donors (Lipinski definition) is 0. The highest BCUT2D eigenvalue weighted by Crippen LogP contribution is 2.12. The molecule has 60 heavy (non-hydrogen) atoms. The van der Waals surface area contributed by atoms with Crippen LogP contribution >= 0.6 is 0 Å². The number of allylic oxidation sites excluding steroid dienone is 14. The summed E-state index contributed by atoms with van der Waals surface area (Å²) < 4.78 is 16.7. The van der Waals surface area contributed by atoms with Crippen molar-refractivity contribution in [3.05, 3.63) is 85.1 Å². The third-order valence-electron chi connectivity index (χ3n) is 10.1. The summed E-state index contributed by atoms with van der Waals surface area (Å²) in [7, 11) is 0. The van der Waals surface area contributed by atoms with Gasteiger partial charge in [-0.1, -0.05) is 183 Å². The summed E-state index contributed by atoms with van der Waals surface area (Å²) in [5.41, 5.74) is 0. The van der Waals surface area contributed by atoms with Gasteiger partial charge in [-0.3, -0.25) is 14.4 Å². The van der Waals surface area contributed by atoms with E-state index in [0.29, 0.717) is 12.8 Å². The van der Waals surface area contributed by atoms with Gasteiger partial charge in [0.1, 0.15) is 13.2 Å². The Kier molecular flexibility index (Phi) is 45.5. The number of rotatable bonds is 43. The van der Waals surface area contributed by atoms with Gasteiger partial charge < -0.3 is 14.2 Å². The summed E-state index contributed by atoms with van der Waals surface area (Å²) in [6.07, 6.45) is 61.4. The minimum atomic E-state index is -0.810. The molecule has 0 saturated carbocycles. The summed E-state index contributed by atoms with van der Waals surface area (Å²) >= 11 is 0. The Labute approximate surface area is 369 Å². The lowest BCUT2D eigenvalue weighted by molar-refractivity contribution is -0.167. The third kappa shape index (κ3) is 45.7. The van der Waals surface area contributed by atoms with Crippen molar-refractivity contribution in [3.8, 4) is 0 Å². The van der Waals surface area contributed by atoms with Crippen LogP contribution in [-0.2, 0) is 28.6 Å². The second-order valence-corrected chi connectivity index (χ2v) is 16.0. The summed E-state index contributed by atoms with van der Waals surface area (Å²) in [6.45, 7) is 6.39. The van der Waals surface area contributed by atoms with Gasteiger partial charge in [0.05, 0.1) is 0 Å². The van der Waals surface area contributed by atoms with Crippen molar-refractivity contribution in [2.45, 2.75) is 226 Å². The fourth-order valence-corrected chi connectivity index (χ4v) is 6.39. The number of unbranched alkanes of at least 4 members (excludes halogenated alkanes) is 18. The zero-order chi connectivity index (χ0) is 43.7. The van der Waals surface area contributed by atoms with Gasteiger partial charge in [-0.2, -0.15) is 0 Å². The van der Waals surface area contributed by atoms with Crippen LogP contribution < -0.4 is 0 Å². The predicted octanol–water partition coefficient (Wildman–Crippen LogP) is 16.0. The maximum Gasteiger partial charge on any atom is 0.306 e. The third-order valence-corrected chi connectivity index (χ3v) is 10.1. The van der Waals surface area contributed by atoms with E-state index in [0.717, 1.165) is 103 Å². The maximum atomic E-state index is 12.7.